The number of rotatable bonds is 5. The van der Waals surface area contributed by atoms with Crippen molar-refractivity contribution in [1.29, 1.82) is 0 Å². The van der Waals surface area contributed by atoms with Crippen LogP contribution in [0.25, 0.3) is 65.7 Å². The molecule has 8 aromatic carbocycles. The van der Waals surface area contributed by atoms with E-state index in [9.17, 15) is 0 Å². The van der Waals surface area contributed by atoms with Crippen molar-refractivity contribution in [2.24, 2.45) is 0 Å². The van der Waals surface area contributed by atoms with E-state index in [1.165, 1.54) is 43.8 Å². The largest absolute Gasteiger partial charge is 0.456 e. The molecule has 0 radical (unpaired) electrons. The number of anilines is 3. The van der Waals surface area contributed by atoms with Crippen molar-refractivity contribution in [3.63, 3.8) is 0 Å². The number of fused-ring (bicyclic) bond motifs is 6. The summed E-state index contributed by atoms with van der Waals surface area (Å²) in [6.07, 6.45) is 0. The Kier molecular flexibility index (Phi) is 6.17. The molecule has 0 amide bonds. The van der Waals surface area contributed by atoms with Crippen LogP contribution in [0.3, 0.4) is 0 Å². The minimum Gasteiger partial charge on any atom is -0.456 e. The zero-order chi connectivity index (χ0) is 30.5. The molecule has 9 rings (SSSR count). The van der Waals surface area contributed by atoms with Crippen LogP contribution in [-0.4, -0.2) is 0 Å². The number of nitrogens with zero attached hydrogens (tertiary/aromatic N) is 1. The van der Waals surface area contributed by atoms with Gasteiger partial charge in [-0.2, -0.15) is 0 Å². The molecule has 0 spiro atoms. The molecular formula is C44H29NO. The van der Waals surface area contributed by atoms with E-state index in [1.54, 1.807) is 0 Å². The third-order valence-electron chi connectivity index (χ3n) is 9.04. The van der Waals surface area contributed by atoms with E-state index in [-0.39, 0.29) is 0 Å². The second kappa shape index (κ2) is 10.8. The van der Waals surface area contributed by atoms with Gasteiger partial charge in [0, 0.05) is 27.8 Å². The lowest BCUT2D eigenvalue weighted by molar-refractivity contribution is 0.669. The Morgan fingerprint density at radius 3 is 1.46 bits per heavy atom. The molecule has 2 heteroatoms. The van der Waals surface area contributed by atoms with Crippen LogP contribution in [0.2, 0.25) is 0 Å². The van der Waals surface area contributed by atoms with Gasteiger partial charge in [-0.15, -0.1) is 0 Å². The summed E-state index contributed by atoms with van der Waals surface area (Å²) in [5.41, 5.74) is 10.0. The van der Waals surface area contributed by atoms with Gasteiger partial charge in [0.15, 0.2) is 0 Å². The topological polar surface area (TPSA) is 16.4 Å². The SMILES string of the molecule is c1ccc(-c2ccc(N(c3ccc(-c4ccccc4)cc3)c3ccc4c(ccc5cc6oc7ccccc7c6cc54)c3)cc2)cc1. The van der Waals surface area contributed by atoms with E-state index >= 15 is 0 Å². The Morgan fingerprint density at radius 2 is 0.826 bits per heavy atom. The first-order chi connectivity index (χ1) is 22.8. The first kappa shape index (κ1) is 26.3. The first-order valence-electron chi connectivity index (χ1n) is 15.7. The summed E-state index contributed by atoms with van der Waals surface area (Å²) in [5.74, 6) is 0. The standard InChI is InChI=1S/C44H29NO/c1-3-9-30(10-4-1)32-17-21-36(22-18-32)45(37-23-19-33(20-24-37)31-11-5-2-6-12-31)38-25-26-39-34(27-38)15-16-35-28-44-42(29-41(35)39)40-13-7-8-14-43(40)46-44/h1-29H. The monoisotopic (exact) mass is 587 g/mol. The van der Waals surface area contributed by atoms with Crippen LogP contribution >= 0.6 is 0 Å². The Balaban J connectivity index is 1.18. The third kappa shape index (κ3) is 4.51. The maximum atomic E-state index is 6.19. The smallest absolute Gasteiger partial charge is 0.136 e. The van der Waals surface area contributed by atoms with Crippen LogP contribution in [0.5, 0.6) is 0 Å². The minimum atomic E-state index is 0.923. The molecule has 0 aliphatic rings. The molecule has 0 fully saturated rings. The van der Waals surface area contributed by atoms with Crippen molar-refractivity contribution in [2.75, 3.05) is 4.90 Å². The molecule has 1 aromatic heterocycles. The molecule has 1 heterocycles. The highest BCUT2D eigenvalue weighted by molar-refractivity contribution is 6.16. The highest BCUT2D eigenvalue weighted by Gasteiger charge is 2.15. The van der Waals surface area contributed by atoms with E-state index in [0.29, 0.717) is 0 Å². The Bertz CT molecular complexity index is 2410. The summed E-state index contributed by atoms with van der Waals surface area (Å²) in [4.78, 5) is 2.35. The number of benzene rings is 8. The van der Waals surface area contributed by atoms with Gasteiger partial charge in [-0.1, -0.05) is 121 Å². The van der Waals surface area contributed by atoms with Crippen molar-refractivity contribution in [2.45, 2.75) is 0 Å². The summed E-state index contributed by atoms with van der Waals surface area (Å²) >= 11 is 0. The Labute approximate surface area is 267 Å². The second-order valence-corrected chi connectivity index (χ2v) is 11.8. The summed E-state index contributed by atoms with van der Waals surface area (Å²) < 4.78 is 6.19. The van der Waals surface area contributed by atoms with Gasteiger partial charge >= 0.3 is 0 Å². The summed E-state index contributed by atoms with van der Waals surface area (Å²) in [5, 5.41) is 7.14. The van der Waals surface area contributed by atoms with Gasteiger partial charge in [-0.3, -0.25) is 0 Å². The molecule has 0 N–H and O–H groups in total. The average molecular weight is 588 g/mol. The van der Waals surface area contributed by atoms with E-state index in [4.69, 9.17) is 4.42 Å². The quantitative estimate of drug-likeness (QED) is 0.186. The van der Waals surface area contributed by atoms with Crippen molar-refractivity contribution < 1.29 is 4.42 Å². The van der Waals surface area contributed by atoms with Gasteiger partial charge in [0.1, 0.15) is 11.2 Å². The molecule has 0 unspecified atom stereocenters. The van der Waals surface area contributed by atoms with Crippen LogP contribution in [0.15, 0.2) is 180 Å². The average Bonchev–Trinajstić information content (AvgIpc) is 3.49. The number of para-hydroxylation sites is 1. The van der Waals surface area contributed by atoms with E-state index in [0.717, 1.165) is 39.0 Å². The number of furan rings is 1. The first-order valence-corrected chi connectivity index (χ1v) is 15.7. The number of hydrogen-bond donors (Lipinski definition) is 0. The maximum absolute atomic E-state index is 6.19. The van der Waals surface area contributed by atoms with Crippen molar-refractivity contribution >= 4 is 60.5 Å². The lowest BCUT2D eigenvalue weighted by Crippen LogP contribution is -2.09. The van der Waals surface area contributed by atoms with Gasteiger partial charge in [-0.25, -0.2) is 0 Å². The van der Waals surface area contributed by atoms with Crippen molar-refractivity contribution in [3.8, 4) is 22.3 Å². The lowest BCUT2D eigenvalue weighted by Gasteiger charge is -2.26. The zero-order valence-electron chi connectivity index (χ0n) is 25.1. The molecular weight excluding hydrogens is 558 g/mol. The van der Waals surface area contributed by atoms with Gasteiger partial charge in [0.25, 0.3) is 0 Å². The van der Waals surface area contributed by atoms with Crippen LogP contribution in [0.4, 0.5) is 17.1 Å². The van der Waals surface area contributed by atoms with Gasteiger partial charge in [0.05, 0.1) is 0 Å². The van der Waals surface area contributed by atoms with Crippen molar-refractivity contribution in [1.82, 2.24) is 0 Å². The second-order valence-electron chi connectivity index (χ2n) is 11.8. The van der Waals surface area contributed by atoms with Crippen molar-refractivity contribution in [3.05, 3.63) is 176 Å². The normalized spacial score (nSPS) is 11.5. The molecule has 0 aliphatic heterocycles. The Hall–Kier alpha value is -6.12. The predicted octanol–water partition coefficient (Wildman–Crippen LogP) is 12.7. The molecule has 2 nitrogen and oxygen atoms in total. The van der Waals surface area contributed by atoms with E-state index in [1.807, 2.05) is 12.1 Å². The summed E-state index contributed by atoms with van der Waals surface area (Å²) in [6.45, 7) is 0. The zero-order valence-corrected chi connectivity index (χ0v) is 25.1. The van der Waals surface area contributed by atoms with Gasteiger partial charge < -0.3 is 9.32 Å². The fourth-order valence-corrected chi connectivity index (χ4v) is 6.72. The minimum absolute atomic E-state index is 0.923. The fraction of sp³-hybridized carbons (Fsp3) is 0. The van der Waals surface area contributed by atoms with Crippen LogP contribution in [0.1, 0.15) is 0 Å². The fourth-order valence-electron chi connectivity index (χ4n) is 6.72. The molecule has 0 atom stereocenters. The molecule has 0 aliphatic carbocycles. The predicted molar refractivity (Wildman–Crippen MR) is 194 cm³/mol. The van der Waals surface area contributed by atoms with Crippen LogP contribution in [0, 0.1) is 0 Å². The lowest BCUT2D eigenvalue weighted by atomic mass is 9.98. The van der Waals surface area contributed by atoms with E-state index < -0.39 is 0 Å². The van der Waals surface area contributed by atoms with Gasteiger partial charge in [-0.05, 0) is 98.4 Å². The highest BCUT2D eigenvalue weighted by Crippen LogP contribution is 2.40. The summed E-state index contributed by atoms with van der Waals surface area (Å²) in [6, 6.07) is 62.8. The van der Waals surface area contributed by atoms with Crippen LogP contribution < -0.4 is 4.90 Å². The molecule has 0 saturated heterocycles. The molecule has 46 heavy (non-hydrogen) atoms. The molecule has 9 aromatic rings. The van der Waals surface area contributed by atoms with E-state index in [2.05, 4.69) is 169 Å². The number of hydrogen-bond acceptors (Lipinski definition) is 2. The Morgan fingerprint density at radius 1 is 0.304 bits per heavy atom. The molecule has 0 bridgehead atoms. The third-order valence-corrected chi connectivity index (χ3v) is 9.04. The summed E-state index contributed by atoms with van der Waals surface area (Å²) in [7, 11) is 0. The van der Waals surface area contributed by atoms with Crippen LogP contribution in [-0.2, 0) is 0 Å². The molecule has 216 valence electrons. The maximum Gasteiger partial charge on any atom is 0.136 e. The van der Waals surface area contributed by atoms with Gasteiger partial charge in [0.2, 0.25) is 0 Å². The highest BCUT2D eigenvalue weighted by atomic mass is 16.3. The molecule has 0 saturated carbocycles.